The molecule has 0 saturated carbocycles. The van der Waals surface area contributed by atoms with E-state index in [1.165, 1.54) is 0 Å². The molecule has 0 bridgehead atoms. The lowest BCUT2D eigenvalue weighted by atomic mass is 10.1. The van der Waals surface area contributed by atoms with Gasteiger partial charge in [-0.25, -0.2) is 0 Å². The Morgan fingerprint density at radius 1 is 1.38 bits per heavy atom. The van der Waals surface area contributed by atoms with Crippen LogP contribution in [0.2, 0.25) is 0 Å². The Balaban J connectivity index is 2.07. The summed E-state index contributed by atoms with van der Waals surface area (Å²) in [6.07, 6.45) is -3.76. The Hall–Kier alpha value is -2.25. The predicted molar refractivity (Wildman–Crippen MR) is 84.8 cm³/mol. The van der Waals surface area contributed by atoms with Crippen LogP contribution in [0.3, 0.4) is 0 Å². The minimum atomic E-state index is -4.40. The first-order chi connectivity index (χ1) is 11.2. The Bertz CT molecular complexity index is 631. The molecule has 0 aromatic heterocycles. The lowest BCUT2D eigenvalue weighted by Crippen LogP contribution is -2.39. The molecule has 24 heavy (non-hydrogen) atoms. The summed E-state index contributed by atoms with van der Waals surface area (Å²) in [7, 11) is 0. The van der Waals surface area contributed by atoms with Crippen LogP contribution < -0.4 is 10.6 Å². The van der Waals surface area contributed by atoms with Gasteiger partial charge in [-0.3, -0.25) is 9.59 Å². The van der Waals surface area contributed by atoms with E-state index in [1.54, 1.807) is 25.1 Å². The fraction of sp³-hybridized carbons (Fsp3) is 0.500. The van der Waals surface area contributed by atoms with E-state index in [1.807, 2.05) is 6.92 Å². The largest absolute Gasteiger partial charge is 0.406 e. The van der Waals surface area contributed by atoms with Crippen LogP contribution in [0.15, 0.2) is 18.2 Å². The fourth-order valence-corrected chi connectivity index (χ4v) is 2.54. The number of benzene rings is 1. The summed E-state index contributed by atoms with van der Waals surface area (Å²) in [5, 5.41) is 5.71. The average molecular weight is 343 g/mol. The first-order valence-corrected chi connectivity index (χ1v) is 7.72. The van der Waals surface area contributed by atoms with Gasteiger partial charge in [0.15, 0.2) is 0 Å². The molecule has 2 N–H and O–H groups in total. The predicted octanol–water partition coefficient (Wildman–Crippen LogP) is 2.92. The third kappa shape index (κ3) is 4.62. The molecule has 1 heterocycles. The minimum Gasteiger partial charge on any atom is -0.373 e. The Kier molecular flexibility index (Phi) is 5.36. The van der Waals surface area contributed by atoms with Crippen LogP contribution >= 0.6 is 0 Å². The van der Waals surface area contributed by atoms with Crippen molar-refractivity contribution in [2.75, 3.05) is 23.7 Å². The molecule has 0 aliphatic carbocycles. The zero-order valence-corrected chi connectivity index (χ0v) is 13.5. The van der Waals surface area contributed by atoms with Crippen molar-refractivity contribution < 1.29 is 22.8 Å². The number of anilines is 2. The maximum atomic E-state index is 12.5. The van der Waals surface area contributed by atoms with Gasteiger partial charge in [0.2, 0.25) is 11.8 Å². The third-order valence-electron chi connectivity index (χ3n) is 3.84. The van der Waals surface area contributed by atoms with Gasteiger partial charge in [-0.1, -0.05) is 13.0 Å². The van der Waals surface area contributed by atoms with Gasteiger partial charge in [0.1, 0.15) is 12.6 Å². The average Bonchev–Trinajstić information content (AvgIpc) is 2.82. The van der Waals surface area contributed by atoms with Crippen molar-refractivity contribution in [2.45, 2.75) is 38.9 Å². The van der Waals surface area contributed by atoms with Gasteiger partial charge >= 0.3 is 6.18 Å². The van der Waals surface area contributed by atoms with Crippen molar-refractivity contribution in [3.63, 3.8) is 0 Å². The second-order valence-corrected chi connectivity index (χ2v) is 5.79. The number of rotatable bonds is 5. The maximum absolute atomic E-state index is 12.5. The number of carbonyl (C=O) groups is 2. The van der Waals surface area contributed by atoms with Gasteiger partial charge in [0.25, 0.3) is 0 Å². The highest BCUT2D eigenvalue weighted by Gasteiger charge is 2.39. The molecule has 1 atom stereocenters. The highest BCUT2D eigenvalue weighted by molar-refractivity contribution is 5.91. The summed E-state index contributed by atoms with van der Waals surface area (Å²) in [4.78, 5) is 24.4. The van der Waals surface area contributed by atoms with E-state index in [0.717, 1.165) is 10.5 Å². The van der Waals surface area contributed by atoms with Crippen molar-refractivity contribution in [3.8, 4) is 0 Å². The van der Waals surface area contributed by atoms with Crippen LogP contribution in [0.1, 0.15) is 25.3 Å². The van der Waals surface area contributed by atoms with Gasteiger partial charge in [-0.05, 0) is 31.0 Å². The summed E-state index contributed by atoms with van der Waals surface area (Å²) >= 11 is 0. The van der Waals surface area contributed by atoms with E-state index in [4.69, 9.17) is 0 Å². The molecule has 1 aliphatic rings. The molecule has 2 rings (SSSR count). The van der Waals surface area contributed by atoms with Gasteiger partial charge in [-0.15, -0.1) is 0 Å². The molecule has 0 unspecified atom stereocenters. The fourth-order valence-electron chi connectivity index (χ4n) is 2.54. The van der Waals surface area contributed by atoms with Crippen LogP contribution in [-0.4, -0.2) is 42.0 Å². The number of hydrogen-bond donors (Lipinski definition) is 2. The first kappa shape index (κ1) is 18.1. The van der Waals surface area contributed by atoms with Crippen LogP contribution in [0.5, 0.6) is 0 Å². The van der Waals surface area contributed by atoms with E-state index in [9.17, 15) is 22.8 Å². The Morgan fingerprint density at radius 2 is 2.08 bits per heavy atom. The summed E-state index contributed by atoms with van der Waals surface area (Å²) in [5.41, 5.74) is 2.04. The topological polar surface area (TPSA) is 61.4 Å². The molecule has 2 amide bonds. The van der Waals surface area contributed by atoms with Crippen molar-refractivity contribution in [1.29, 1.82) is 0 Å². The van der Waals surface area contributed by atoms with Gasteiger partial charge < -0.3 is 15.5 Å². The Labute approximate surface area is 138 Å². The van der Waals surface area contributed by atoms with Crippen LogP contribution in [0.4, 0.5) is 24.5 Å². The standard InChI is InChI=1S/C16H20F3N3O2/c1-3-14(23)20-11-5-4-10(2)13(8-11)21-12-6-7-22(15(12)24)9-16(17,18)19/h4-5,8,12,21H,3,6-7,9H2,1-2H3,(H,20,23)/t12-/m1/s1. The molecule has 1 aromatic carbocycles. The van der Waals surface area contributed by atoms with E-state index in [-0.39, 0.29) is 12.5 Å². The summed E-state index contributed by atoms with van der Waals surface area (Å²) in [6, 6.07) is 4.51. The van der Waals surface area contributed by atoms with Crippen molar-refractivity contribution in [2.24, 2.45) is 0 Å². The van der Waals surface area contributed by atoms with Crippen LogP contribution in [0.25, 0.3) is 0 Å². The quantitative estimate of drug-likeness (QED) is 0.864. The zero-order valence-electron chi connectivity index (χ0n) is 13.5. The third-order valence-corrected chi connectivity index (χ3v) is 3.84. The normalized spacial score (nSPS) is 18.0. The minimum absolute atomic E-state index is 0.0708. The number of nitrogens with one attached hydrogen (secondary N) is 2. The van der Waals surface area contributed by atoms with Crippen molar-refractivity contribution in [3.05, 3.63) is 23.8 Å². The number of carbonyl (C=O) groups excluding carboxylic acids is 2. The number of amides is 2. The van der Waals surface area contributed by atoms with Gasteiger partial charge in [0, 0.05) is 24.3 Å². The van der Waals surface area contributed by atoms with Crippen molar-refractivity contribution in [1.82, 2.24) is 4.90 Å². The number of likely N-dealkylation sites (tertiary alicyclic amines) is 1. The molecule has 132 valence electrons. The SMILES string of the molecule is CCC(=O)Nc1ccc(C)c(N[C@@H]2CCN(CC(F)(F)F)C2=O)c1. The number of alkyl halides is 3. The molecule has 1 aliphatic heterocycles. The number of aryl methyl sites for hydroxylation is 1. The monoisotopic (exact) mass is 343 g/mol. The molecule has 8 heteroatoms. The maximum Gasteiger partial charge on any atom is 0.406 e. The second-order valence-electron chi connectivity index (χ2n) is 5.79. The van der Waals surface area contributed by atoms with Gasteiger partial charge in [-0.2, -0.15) is 13.2 Å². The van der Waals surface area contributed by atoms with Crippen LogP contribution in [0, 0.1) is 6.92 Å². The number of hydrogen-bond acceptors (Lipinski definition) is 3. The van der Waals surface area contributed by atoms with E-state index in [0.29, 0.717) is 24.2 Å². The molecular formula is C16H20F3N3O2. The number of nitrogens with zero attached hydrogens (tertiary/aromatic N) is 1. The van der Waals surface area contributed by atoms with Crippen molar-refractivity contribution >= 4 is 23.2 Å². The molecular weight excluding hydrogens is 323 g/mol. The highest BCUT2D eigenvalue weighted by atomic mass is 19.4. The summed E-state index contributed by atoms with van der Waals surface area (Å²) in [6.45, 7) is 2.40. The molecule has 0 spiro atoms. The molecule has 1 aromatic rings. The van der Waals surface area contributed by atoms with E-state index in [2.05, 4.69) is 10.6 Å². The molecule has 0 radical (unpaired) electrons. The summed E-state index contributed by atoms with van der Waals surface area (Å²) in [5.74, 6) is -0.701. The van der Waals surface area contributed by atoms with Crippen LogP contribution in [-0.2, 0) is 9.59 Å². The lowest BCUT2D eigenvalue weighted by Gasteiger charge is -2.20. The van der Waals surface area contributed by atoms with Gasteiger partial charge in [0.05, 0.1) is 0 Å². The molecule has 5 nitrogen and oxygen atoms in total. The lowest BCUT2D eigenvalue weighted by molar-refractivity contribution is -0.157. The second kappa shape index (κ2) is 7.11. The zero-order chi connectivity index (χ0) is 17.9. The number of halogens is 3. The summed E-state index contributed by atoms with van der Waals surface area (Å²) < 4.78 is 37.4. The molecule has 1 saturated heterocycles. The van der Waals surface area contributed by atoms with E-state index < -0.39 is 24.7 Å². The van der Waals surface area contributed by atoms with E-state index >= 15 is 0 Å². The molecule has 1 fully saturated rings. The Morgan fingerprint density at radius 3 is 2.71 bits per heavy atom. The highest BCUT2D eigenvalue weighted by Crippen LogP contribution is 2.26. The smallest absolute Gasteiger partial charge is 0.373 e. The first-order valence-electron chi connectivity index (χ1n) is 7.72.